The summed E-state index contributed by atoms with van der Waals surface area (Å²) in [5.41, 5.74) is 8.07. The number of amides is 1. The highest BCUT2D eigenvalue weighted by Gasteiger charge is 2.46. The van der Waals surface area contributed by atoms with Crippen molar-refractivity contribution in [3.05, 3.63) is 16.0 Å². The van der Waals surface area contributed by atoms with Crippen molar-refractivity contribution in [1.82, 2.24) is 0 Å². The van der Waals surface area contributed by atoms with E-state index in [0.717, 1.165) is 17.8 Å². The van der Waals surface area contributed by atoms with Crippen molar-refractivity contribution in [3.63, 3.8) is 0 Å². The molecule has 1 saturated carbocycles. The van der Waals surface area contributed by atoms with Gasteiger partial charge in [-0.1, -0.05) is 0 Å². The van der Waals surface area contributed by atoms with Gasteiger partial charge in [0.2, 0.25) is 5.91 Å². The Morgan fingerprint density at radius 3 is 2.61 bits per heavy atom. The van der Waals surface area contributed by atoms with E-state index >= 15 is 0 Å². The van der Waals surface area contributed by atoms with Crippen molar-refractivity contribution in [2.24, 2.45) is 5.73 Å². The predicted octanol–water partition coefficient (Wildman–Crippen LogP) is 2.79. The molecule has 2 aliphatic rings. The van der Waals surface area contributed by atoms with Crippen LogP contribution in [0.1, 0.15) is 41.7 Å². The van der Waals surface area contributed by atoms with E-state index in [1.54, 1.807) is 11.3 Å². The van der Waals surface area contributed by atoms with Crippen molar-refractivity contribution in [2.75, 3.05) is 5.32 Å². The minimum Gasteiger partial charge on any atom is -0.317 e. The lowest BCUT2D eigenvalue weighted by molar-refractivity contribution is -0.118. The lowest BCUT2D eigenvalue weighted by atomic mass is 9.96. The normalized spacial score (nSPS) is 19.7. The van der Waals surface area contributed by atoms with Crippen LogP contribution in [0.2, 0.25) is 0 Å². The molecule has 3 N–H and O–H groups in total. The number of nitrogens with one attached hydrogen (secondary N) is 1. The highest BCUT2D eigenvalue weighted by molar-refractivity contribution is 7.16. The maximum Gasteiger partial charge on any atom is 0.245 e. The summed E-state index contributed by atoms with van der Waals surface area (Å²) in [6.45, 7) is 2.12. The number of hydrogen-bond acceptors (Lipinski definition) is 3. The van der Waals surface area contributed by atoms with E-state index in [4.69, 9.17) is 5.73 Å². The molecule has 1 amide bonds. The first kappa shape index (κ1) is 13.8. The van der Waals surface area contributed by atoms with Gasteiger partial charge < -0.3 is 11.1 Å². The fourth-order valence-electron chi connectivity index (χ4n) is 2.43. The molecule has 1 aromatic rings. The van der Waals surface area contributed by atoms with Gasteiger partial charge in [0.25, 0.3) is 0 Å². The lowest BCUT2D eigenvalue weighted by Crippen LogP contribution is -2.37. The molecular formula is C13H19ClN2OS. The van der Waals surface area contributed by atoms with Gasteiger partial charge in [0.1, 0.15) is 0 Å². The number of carbonyl (C=O) groups excluding carboxylic acids is 1. The maximum atomic E-state index is 11.9. The largest absolute Gasteiger partial charge is 0.317 e. The van der Waals surface area contributed by atoms with Crippen LogP contribution < -0.4 is 11.1 Å². The Labute approximate surface area is 118 Å². The third kappa shape index (κ3) is 2.29. The van der Waals surface area contributed by atoms with E-state index in [2.05, 4.69) is 12.2 Å². The zero-order valence-corrected chi connectivity index (χ0v) is 12.2. The molecule has 0 atom stereocenters. The van der Waals surface area contributed by atoms with Crippen LogP contribution in [0, 0.1) is 6.92 Å². The van der Waals surface area contributed by atoms with E-state index in [-0.39, 0.29) is 18.3 Å². The molecule has 1 fully saturated rings. The van der Waals surface area contributed by atoms with Crippen LogP contribution in [0.3, 0.4) is 0 Å². The van der Waals surface area contributed by atoms with Crippen LogP contribution in [-0.4, -0.2) is 11.4 Å². The summed E-state index contributed by atoms with van der Waals surface area (Å²) in [5, 5.41) is 4.05. The second-order valence-corrected chi connectivity index (χ2v) is 6.38. The number of halogens is 1. The highest BCUT2D eigenvalue weighted by Crippen LogP contribution is 2.39. The Morgan fingerprint density at radius 1 is 1.33 bits per heavy atom. The van der Waals surface area contributed by atoms with Gasteiger partial charge in [0.15, 0.2) is 0 Å². The first-order valence-corrected chi connectivity index (χ1v) is 7.13. The summed E-state index contributed by atoms with van der Waals surface area (Å²) in [6, 6.07) is 0. The van der Waals surface area contributed by atoms with Crippen molar-refractivity contribution < 1.29 is 4.79 Å². The summed E-state index contributed by atoms with van der Waals surface area (Å²) in [4.78, 5) is 13.4. The molecule has 18 heavy (non-hydrogen) atoms. The number of anilines is 1. The minimum atomic E-state index is -0.572. The number of carbonyl (C=O) groups is 1. The lowest BCUT2D eigenvalue weighted by Gasteiger charge is -2.11. The summed E-state index contributed by atoms with van der Waals surface area (Å²) in [5.74, 6) is -0.000744. The number of thiophene rings is 1. The summed E-state index contributed by atoms with van der Waals surface area (Å²) >= 11 is 1.75. The zero-order valence-electron chi connectivity index (χ0n) is 10.5. The predicted molar refractivity (Wildman–Crippen MR) is 77.7 cm³/mol. The minimum absolute atomic E-state index is 0. The van der Waals surface area contributed by atoms with Crippen LogP contribution in [0.25, 0.3) is 0 Å². The number of rotatable bonds is 2. The van der Waals surface area contributed by atoms with E-state index in [1.165, 1.54) is 41.7 Å². The molecule has 0 spiro atoms. The fraction of sp³-hybridized carbons (Fsp3) is 0.615. The van der Waals surface area contributed by atoms with Crippen molar-refractivity contribution in [3.8, 4) is 0 Å². The Morgan fingerprint density at radius 2 is 2.00 bits per heavy atom. The average Bonchev–Trinajstić information content (AvgIpc) is 3.00. The third-order valence-electron chi connectivity index (χ3n) is 3.90. The fourth-order valence-corrected chi connectivity index (χ4v) is 3.72. The van der Waals surface area contributed by atoms with Crippen molar-refractivity contribution in [2.45, 2.75) is 51.0 Å². The molecule has 0 radical (unpaired) electrons. The maximum absolute atomic E-state index is 11.9. The average molecular weight is 287 g/mol. The van der Waals surface area contributed by atoms with Crippen LogP contribution >= 0.6 is 23.7 Å². The van der Waals surface area contributed by atoms with Gasteiger partial charge in [-0.05, 0) is 56.6 Å². The molecule has 0 unspecified atom stereocenters. The quantitative estimate of drug-likeness (QED) is 0.878. The molecule has 100 valence electrons. The van der Waals surface area contributed by atoms with Gasteiger partial charge in [-0.3, -0.25) is 4.79 Å². The van der Waals surface area contributed by atoms with Crippen LogP contribution in [-0.2, 0) is 17.6 Å². The molecule has 0 aliphatic heterocycles. The third-order valence-corrected chi connectivity index (χ3v) is 5.21. The van der Waals surface area contributed by atoms with Gasteiger partial charge in [-0.25, -0.2) is 0 Å². The molecule has 1 aromatic heterocycles. The Hall–Kier alpha value is -0.580. The number of fused-ring (bicyclic) bond motifs is 1. The van der Waals surface area contributed by atoms with E-state index < -0.39 is 5.54 Å². The second-order valence-electron chi connectivity index (χ2n) is 5.28. The monoisotopic (exact) mass is 286 g/mol. The van der Waals surface area contributed by atoms with Gasteiger partial charge in [-0.15, -0.1) is 23.7 Å². The molecule has 3 rings (SSSR count). The Bertz CT molecular complexity index is 480. The smallest absolute Gasteiger partial charge is 0.245 e. The molecular weight excluding hydrogens is 268 g/mol. The Balaban J connectivity index is 0.00000120. The molecule has 0 saturated heterocycles. The number of hydrogen-bond donors (Lipinski definition) is 2. The molecule has 0 bridgehead atoms. The molecule has 2 aliphatic carbocycles. The van der Waals surface area contributed by atoms with Gasteiger partial charge in [0.05, 0.1) is 10.5 Å². The summed E-state index contributed by atoms with van der Waals surface area (Å²) < 4.78 is 0. The number of nitrogens with two attached hydrogens (primary N) is 1. The second kappa shape index (κ2) is 4.83. The topological polar surface area (TPSA) is 55.1 Å². The molecule has 3 nitrogen and oxygen atoms in total. The Kier molecular flexibility index (Phi) is 3.72. The van der Waals surface area contributed by atoms with Crippen molar-refractivity contribution in [1.29, 1.82) is 0 Å². The standard InChI is InChI=1S/C13H18N2OS.ClH/c1-8-9-4-2-3-5-10(9)17-11(8)15-12(16)13(14)6-7-13;/h2-7,14H2,1H3,(H,15,16);1H. The van der Waals surface area contributed by atoms with E-state index in [9.17, 15) is 4.79 Å². The molecule has 1 heterocycles. The first-order valence-electron chi connectivity index (χ1n) is 6.32. The summed E-state index contributed by atoms with van der Waals surface area (Å²) in [7, 11) is 0. The van der Waals surface area contributed by atoms with E-state index in [0.29, 0.717) is 0 Å². The highest BCUT2D eigenvalue weighted by atomic mass is 35.5. The summed E-state index contributed by atoms with van der Waals surface area (Å²) in [6.07, 6.45) is 6.54. The zero-order chi connectivity index (χ0) is 12.0. The van der Waals surface area contributed by atoms with Gasteiger partial charge in [0, 0.05) is 4.88 Å². The molecule has 0 aromatic carbocycles. The van der Waals surface area contributed by atoms with Crippen LogP contribution in [0.15, 0.2) is 0 Å². The van der Waals surface area contributed by atoms with E-state index in [1.807, 2.05) is 0 Å². The van der Waals surface area contributed by atoms with Gasteiger partial charge >= 0.3 is 0 Å². The van der Waals surface area contributed by atoms with Crippen molar-refractivity contribution >= 4 is 34.7 Å². The number of aryl methyl sites for hydroxylation is 1. The SMILES string of the molecule is Cc1c(NC(=O)C2(N)CC2)sc2c1CCCC2.Cl. The van der Waals surface area contributed by atoms with Crippen LogP contribution in [0.4, 0.5) is 5.00 Å². The molecule has 5 heteroatoms. The van der Waals surface area contributed by atoms with Crippen LogP contribution in [0.5, 0.6) is 0 Å². The van der Waals surface area contributed by atoms with Gasteiger partial charge in [-0.2, -0.15) is 0 Å². The first-order chi connectivity index (χ1) is 8.10.